The van der Waals surface area contributed by atoms with Gasteiger partial charge in [-0.1, -0.05) is 6.92 Å². The Balaban J connectivity index is 2.38. The molecule has 0 bridgehead atoms. The second-order valence-corrected chi connectivity index (χ2v) is 8.67. The Kier molecular flexibility index (Phi) is 6.38. The number of nitrogens with zero attached hydrogens (tertiary/aromatic N) is 1. The van der Waals surface area contributed by atoms with Gasteiger partial charge in [0.05, 0.1) is 29.3 Å². The molecule has 1 amide bonds. The van der Waals surface area contributed by atoms with Crippen molar-refractivity contribution in [2.75, 3.05) is 14.2 Å². The van der Waals surface area contributed by atoms with Crippen molar-refractivity contribution in [3.8, 4) is 5.75 Å². The Morgan fingerprint density at radius 3 is 2.54 bits per heavy atom. The highest BCUT2D eigenvalue weighted by atomic mass is 32.2. The lowest BCUT2D eigenvalue weighted by Crippen LogP contribution is -2.29. The largest absolute Gasteiger partial charge is 0.496 e. The van der Waals surface area contributed by atoms with Gasteiger partial charge in [-0.2, -0.15) is 0 Å². The highest BCUT2D eigenvalue weighted by Gasteiger charge is 2.25. The summed E-state index contributed by atoms with van der Waals surface area (Å²) in [5.74, 6) is -0.112. The standard InChI is InChI=1S/C17H23N3O4S2/c1-6-14(17-19-10(2)11(3)25-17)20-26(22,23)12-7-8-15(24-5)13(9-12)16(21)18-4/h7-9,14,20H,6H2,1-5H3,(H,18,21). The summed E-state index contributed by atoms with van der Waals surface area (Å²) in [4.78, 5) is 17.5. The summed E-state index contributed by atoms with van der Waals surface area (Å²) in [7, 11) is -0.933. The molecule has 0 fully saturated rings. The molecule has 0 aliphatic carbocycles. The number of ether oxygens (including phenoxy) is 1. The summed E-state index contributed by atoms with van der Waals surface area (Å²) in [6.45, 7) is 5.75. The summed E-state index contributed by atoms with van der Waals surface area (Å²) in [6, 6.07) is 3.77. The van der Waals surface area contributed by atoms with Gasteiger partial charge in [0.25, 0.3) is 5.91 Å². The zero-order chi connectivity index (χ0) is 19.5. The first-order chi connectivity index (χ1) is 12.2. The Morgan fingerprint density at radius 1 is 1.35 bits per heavy atom. The van der Waals surface area contributed by atoms with E-state index in [1.807, 2.05) is 20.8 Å². The fourth-order valence-corrected chi connectivity index (χ4v) is 4.82. The van der Waals surface area contributed by atoms with Gasteiger partial charge in [0.2, 0.25) is 10.0 Å². The van der Waals surface area contributed by atoms with Crippen LogP contribution in [-0.2, 0) is 10.0 Å². The number of hydrogen-bond acceptors (Lipinski definition) is 6. The van der Waals surface area contributed by atoms with Crippen LogP contribution in [0.5, 0.6) is 5.75 Å². The number of rotatable bonds is 7. The van der Waals surface area contributed by atoms with Gasteiger partial charge in [0, 0.05) is 11.9 Å². The van der Waals surface area contributed by atoms with Gasteiger partial charge in [-0.05, 0) is 38.5 Å². The second-order valence-electron chi connectivity index (χ2n) is 5.72. The predicted molar refractivity (Wildman–Crippen MR) is 101 cm³/mol. The van der Waals surface area contributed by atoms with E-state index >= 15 is 0 Å². The van der Waals surface area contributed by atoms with Gasteiger partial charge in [0.15, 0.2) is 0 Å². The van der Waals surface area contributed by atoms with Crippen molar-refractivity contribution in [2.24, 2.45) is 0 Å². The number of sulfonamides is 1. The molecule has 2 N–H and O–H groups in total. The molecule has 1 aromatic heterocycles. The van der Waals surface area contributed by atoms with E-state index in [9.17, 15) is 13.2 Å². The number of hydrogen-bond donors (Lipinski definition) is 2. The molecular formula is C17H23N3O4S2. The third-order valence-electron chi connectivity index (χ3n) is 4.00. The average molecular weight is 398 g/mol. The summed E-state index contributed by atoms with van der Waals surface area (Å²) in [5, 5.41) is 3.21. The van der Waals surface area contributed by atoms with Gasteiger partial charge in [-0.15, -0.1) is 11.3 Å². The monoisotopic (exact) mass is 397 g/mol. The van der Waals surface area contributed by atoms with Crippen LogP contribution in [0, 0.1) is 13.8 Å². The molecule has 2 aromatic rings. The number of benzene rings is 1. The molecule has 0 saturated heterocycles. The molecule has 1 atom stereocenters. The first-order valence-corrected chi connectivity index (χ1v) is 10.4. The predicted octanol–water partition coefficient (Wildman–Crippen LogP) is 2.56. The highest BCUT2D eigenvalue weighted by Crippen LogP contribution is 2.28. The Morgan fingerprint density at radius 2 is 2.04 bits per heavy atom. The summed E-state index contributed by atoms with van der Waals surface area (Å²) in [6.07, 6.45) is 0.560. The molecule has 0 aliphatic heterocycles. The van der Waals surface area contributed by atoms with E-state index in [0.717, 1.165) is 15.6 Å². The van der Waals surface area contributed by atoms with Crippen LogP contribution in [0.2, 0.25) is 0 Å². The van der Waals surface area contributed by atoms with E-state index in [4.69, 9.17) is 4.74 Å². The van der Waals surface area contributed by atoms with Crippen molar-refractivity contribution in [1.82, 2.24) is 15.0 Å². The number of carbonyl (C=O) groups excluding carboxylic acids is 1. The van der Waals surface area contributed by atoms with E-state index < -0.39 is 22.0 Å². The molecule has 0 saturated carbocycles. The topological polar surface area (TPSA) is 97.4 Å². The van der Waals surface area contributed by atoms with Gasteiger partial charge >= 0.3 is 0 Å². The lowest BCUT2D eigenvalue weighted by molar-refractivity contribution is 0.0960. The van der Waals surface area contributed by atoms with E-state index in [1.165, 1.54) is 43.7 Å². The SMILES string of the molecule is CCC(NS(=O)(=O)c1ccc(OC)c(C(=O)NC)c1)c1nc(C)c(C)s1. The molecular weight excluding hydrogens is 374 g/mol. The smallest absolute Gasteiger partial charge is 0.254 e. The maximum atomic E-state index is 12.8. The van der Waals surface area contributed by atoms with Crippen molar-refractivity contribution in [1.29, 1.82) is 0 Å². The Hall–Kier alpha value is -1.97. The van der Waals surface area contributed by atoms with Crippen LogP contribution in [-0.4, -0.2) is 33.5 Å². The van der Waals surface area contributed by atoms with Gasteiger partial charge < -0.3 is 10.1 Å². The van der Waals surface area contributed by atoms with Gasteiger partial charge in [0.1, 0.15) is 10.8 Å². The van der Waals surface area contributed by atoms with E-state index in [1.54, 1.807) is 0 Å². The minimum Gasteiger partial charge on any atom is -0.496 e. The summed E-state index contributed by atoms with van der Waals surface area (Å²) >= 11 is 1.48. The summed E-state index contributed by atoms with van der Waals surface area (Å²) < 4.78 is 33.5. The molecule has 9 heteroatoms. The third kappa shape index (κ3) is 4.22. The van der Waals surface area contributed by atoms with Crippen LogP contribution in [0.25, 0.3) is 0 Å². The van der Waals surface area contributed by atoms with E-state index in [-0.39, 0.29) is 10.5 Å². The fourth-order valence-electron chi connectivity index (χ4n) is 2.38. The minimum absolute atomic E-state index is 0.000324. The molecule has 0 radical (unpaired) electrons. The zero-order valence-electron chi connectivity index (χ0n) is 15.4. The number of carbonyl (C=O) groups is 1. The fraction of sp³-hybridized carbons (Fsp3) is 0.412. The van der Waals surface area contributed by atoms with Crippen molar-refractivity contribution >= 4 is 27.3 Å². The molecule has 1 heterocycles. The molecule has 142 valence electrons. The van der Waals surface area contributed by atoms with Crippen molar-refractivity contribution in [3.05, 3.63) is 39.3 Å². The Bertz CT molecular complexity index is 887. The molecule has 0 aliphatic rings. The quantitative estimate of drug-likeness (QED) is 0.748. The lowest BCUT2D eigenvalue weighted by atomic mass is 10.2. The van der Waals surface area contributed by atoms with Crippen LogP contribution in [0.3, 0.4) is 0 Å². The first-order valence-electron chi connectivity index (χ1n) is 8.09. The molecule has 0 spiro atoms. The number of thiazole rings is 1. The number of aromatic nitrogens is 1. The molecule has 1 aromatic carbocycles. The number of amides is 1. The summed E-state index contributed by atoms with van der Waals surface area (Å²) in [5.41, 5.74) is 1.06. The molecule has 26 heavy (non-hydrogen) atoms. The molecule has 2 rings (SSSR count). The van der Waals surface area contributed by atoms with E-state index in [0.29, 0.717) is 12.2 Å². The van der Waals surface area contributed by atoms with Crippen LogP contribution in [0.1, 0.15) is 45.3 Å². The van der Waals surface area contributed by atoms with Gasteiger partial charge in [-0.25, -0.2) is 18.1 Å². The Labute approximate surface area is 157 Å². The van der Waals surface area contributed by atoms with Crippen molar-refractivity contribution in [3.63, 3.8) is 0 Å². The third-order valence-corrected chi connectivity index (χ3v) is 6.66. The number of nitrogens with one attached hydrogen (secondary N) is 2. The number of aryl methyl sites for hydroxylation is 2. The normalized spacial score (nSPS) is 12.7. The van der Waals surface area contributed by atoms with Crippen LogP contribution in [0.15, 0.2) is 23.1 Å². The van der Waals surface area contributed by atoms with Crippen molar-refractivity contribution in [2.45, 2.75) is 38.1 Å². The average Bonchev–Trinajstić information content (AvgIpc) is 2.97. The lowest BCUT2D eigenvalue weighted by Gasteiger charge is -2.16. The van der Waals surface area contributed by atoms with Gasteiger partial charge in [-0.3, -0.25) is 4.79 Å². The van der Waals surface area contributed by atoms with E-state index in [2.05, 4.69) is 15.0 Å². The minimum atomic E-state index is -3.83. The van der Waals surface area contributed by atoms with Crippen LogP contribution >= 0.6 is 11.3 Å². The number of methoxy groups -OCH3 is 1. The second kappa shape index (κ2) is 8.15. The highest BCUT2D eigenvalue weighted by molar-refractivity contribution is 7.89. The van der Waals surface area contributed by atoms with Crippen molar-refractivity contribution < 1.29 is 17.9 Å². The van der Waals surface area contributed by atoms with Crippen LogP contribution in [0.4, 0.5) is 0 Å². The molecule has 7 nitrogen and oxygen atoms in total. The molecule has 1 unspecified atom stereocenters. The zero-order valence-corrected chi connectivity index (χ0v) is 17.0. The first kappa shape index (κ1) is 20.3. The maximum absolute atomic E-state index is 12.8. The maximum Gasteiger partial charge on any atom is 0.254 e. The van der Waals surface area contributed by atoms with Crippen LogP contribution < -0.4 is 14.8 Å².